The third-order valence-corrected chi connectivity index (χ3v) is 4.34. The second-order valence-electron chi connectivity index (χ2n) is 5.95. The molecule has 0 aromatic heterocycles. The van der Waals surface area contributed by atoms with E-state index in [0.717, 1.165) is 43.2 Å². The fourth-order valence-corrected chi connectivity index (χ4v) is 3.04. The first-order valence-corrected chi connectivity index (χ1v) is 9.02. The van der Waals surface area contributed by atoms with E-state index < -0.39 is 0 Å². The van der Waals surface area contributed by atoms with E-state index in [0.29, 0.717) is 19.8 Å². The maximum atomic E-state index is 11.9. The Bertz CT molecular complexity index is 587. The number of likely N-dealkylation sites (tertiary alicyclic amines) is 1. The molecule has 1 heterocycles. The molecule has 0 atom stereocenters. The number of piperidine rings is 1. The normalized spacial score (nSPS) is 15.2. The van der Waals surface area contributed by atoms with Crippen LogP contribution in [0.15, 0.2) is 29.3 Å². The van der Waals surface area contributed by atoms with Crippen LogP contribution in [0, 0.1) is 5.92 Å². The zero-order valence-electron chi connectivity index (χ0n) is 15.9. The van der Waals surface area contributed by atoms with Crippen molar-refractivity contribution in [1.82, 2.24) is 10.2 Å². The number of carbonyl (C=O) groups is 1. The van der Waals surface area contributed by atoms with Crippen LogP contribution in [-0.2, 0) is 16.1 Å². The average molecular weight is 475 g/mol. The lowest BCUT2D eigenvalue weighted by atomic mass is 9.97. The Hall–Kier alpha value is -1.51. The second kappa shape index (κ2) is 12.0. The summed E-state index contributed by atoms with van der Waals surface area (Å²) in [7, 11) is 1.79. The van der Waals surface area contributed by atoms with E-state index in [1.54, 1.807) is 7.05 Å². The van der Waals surface area contributed by atoms with Gasteiger partial charge in [-0.25, -0.2) is 0 Å². The van der Waals surface area contributed by atoms with Crippen molar-refractivity contribution in [1.29, 1.82) is 0 Å². The standard InChI is InChI=1S/C19H29N3O3.HI/c1-4-24-17-9-7-6-8-16(17)14-21-19(20-3)22-12-10-15(11-13-22)18(23)25-5-2;/h6-9,15H,4-5,10-14H2,1-3H3,(H,20,21);1H. The minimum Gasteiger partial charge on any atom is -0.494 e. The molecule has 146 valence electrons. The van der Waals surface area contributed by atoms with Gasteiger partial charge >= 0.3 is 5.97 Å². The molecule has 26 heavy (non-hydrogen) atoms. The molecule has 1 aromatic rings. The first-order valence-electron chi connectivity index (χ1n) is 9.02. The SMILES string of the molecule is CCOC(=O)C1CCN(C(=NC)NCc2ccccc2OCC)CC1.I. The summed E-state index contributed by atoms with van der Waals surface area (Å²) in [5.74, 6) is 1.69. The smallest absolute Gasteiger partial charge is 0.309 e. The number of hydrogen-bond donors (Lipinski definition) is 1. The van der Waals surface area contributed by atoms with Crippen LogP contribution in [-0.4, -0.2) is 50.2 Å². The van der Waals surface area contributed by atoms with Gasteiger partial charge in [0, 0.05) is 32.2 Å². The first-order chi connectivity index (χ1) is 12.2. The molecule has 0 amide bonds. The van der Waals surface area contributed by atoms with E-state index in [2.05, 4.69) is 21.3 Å². The Balaban J connectivity index is 0.00000338. The monoisotopic (exact) mass is 475 g/mol. The number of nitrogens with zero attached hydrogens (tertiary/aromatic N) is 2. The van der Waals surface area contributed by atoms with Gasteiger partial charge in [-0.15, -0.1) is 24.0 Å². The highest BCUT2D eigenvalue weighted by molar-refractivity contribution is 14.0. The maximum Gasteiger partial charge on any atom is 0.309 e. The van der Waals surface area contributed by atoms with Crippen LogP contribution in [0.2, 0.25) is 0 Å². The number of para-hydroxylation sites is 1. The summed E-state index contributed by atoms with van der Waals surface area (Å²) in [5, 5.41) is 3.40. The Kier molecular flexibility index (Phi) is 10.4. The van der Waals surface area contributed by atoms with Crippen LogP contribution in [0.1, 0.15) is 32.3 Å². The van der Waals surface area contributed by atoms with E-state index in [9.17, 15) is 4.79 Å². The quantitative estimate of drug-likeness (QED) is 0.297. The van der Waals surface area contributed by atoms with Gasteiger partial charge in [-0.05, 0) is 32.8 Å². The van der Waals surface area contributed by atoms with E-state index in [1.165, 1.54) is 0 Å². The van der Waals surface area contributed by atoms with Gasteiger partial charge in [0.15, 0.2) is 5.96 Å². The Morgan fingerprint density at radius 3 is 2.54 bits per heavy atom. The summed E-state index contributed by atoms with van der Waals surface area (Å²) in [6, 6.07) is 8.02. The fourth-order valence-electron chi connectivity index (χ4n) is 3.04. The number of esters is 1. The number of nitrogens with one attached hydrogen (secondary N) is 1. The summed E-state index contributed by atoms with van der Waals surface area (Å²) in [4.78, 5) is 18.4. The summed E-state index contributed by atoms with van der Waals surface area (Å²) in [6.07, 6.45) is 1.60. The summed E-state index contributed by atoms with van der Waals surface area (Å²) in [5.41, 5.74) is 1.10. The molecular weight excluding hydrogens is 445 g/mol. The van der Waals surface area contributed by atoms with Crippen molar-refractivity contribution in [2.75, 3.05) is 33.4 Å². The predicted octanol–water partition coefficient (Wildman–Crippen LogP) is 3.05. The van der Waals surface area contributed by atoms with E-state index in [-0.39, 0.29) is 35.9 Å². The molecule has 0 unspecified atom stereocenters. The molecule has 7 heteroatoms. The highest BCUT2D eigenvalue weighted by Gasteiger charge is 2.27. The molecule has 2 rings (SSSR count). The maximum absolute atomic E-state index is 11.9. The number of ether oxygens (including phenoxy) is 2. The molecule has 0 radical (unpaired) electrons. The summed E-state index contributed by atoms with van der Waals surface area (Å²) >= 11 is 0. The van der Waals surface area contributed by atoms with Gasteiger partial charge in [-0.2, -0.15) is 0 Å². The number of guanidine groups is 1. The average Bonchev–Trinajstić information content (AvgIpc) is 2.64. The molecule has 1 saturated heterocycles. The van der Waals surface area contributed by atoms with Crippen LogP contribution in [0.5, 0.6) is 5.75 Å². The number of hydrogen-bond acceptors (Lipinski definition) is 4. The minimum absolute atomic E-state index is 0. The molecular formula is C19H30IN3O3. The van der Waals surface area contributed by atoms with E-state index >= 15 is 0 Å². The predicted molar refractivity (Wildman–Crippen MR) is 114 cm³/mol. The van der Waals surface area contributed by atoms with E-state index in [4.69, 9.17) is 9.47 Å². The van der Waals surface area contributed by atoms with Crippen molar-refractivity contribution < 1.29 is 14.3 Å². The Labute approximate surface area is 173 Å². The molecule has 6 nitrogen and oxygen atoms in total. The third-order valence-electron chi connectivity index (χ3n) is 4.34. The van der Waals surface area contributed by atoms with Crippen LogP contribution >= 0.6 is 24.0 Å². The highest BCUT2D eigenvalue weighted by atomic mass is 127. The van der Waals surface area contributed by atoms with Crippen molar-refractivity contribution in [3.05, 3.63) is 29.8 Å². The van der Waals surface area contributed by atoms with Gasteiger partial charge in [0.2, 0.25) is 0 Å². The lowest BCUT2D eigenvalue weighted by Gasteiger charge is -2.33. The molecule has 0 aliphatic carbocycles. The van der Waals surface area contributed by atoms with Crippen molar-refractivity contribution in [2.45, 2.75) is 33.2 Å². The number of aliphatic imine (C=N–C) groups is 1. The van der Waals surface area contributed by atoms with E-state index in [1.807, 2.05) is 32.0 Å². The molecule has 0 spiro atoms. The molecule has 1 aliphatic heterocycles. The summed E-state index contributed by atoms with van der Waals surface area (Å²) in [6.45, 7) is 7.18. The van der Waals surface area contributed by atoms with Gasteiger partial charge in [0.25, 0.3) is 0 Å². The van der Waals surface area contributed by atoms with Crippen LogP contribution < -0.4 is 10.1 Å². The molecule has 1 aliphatic rings. The molecule has 1 aromatic carbocycles. The van der Waals surface area contributed by atoms with Crippen molar-refractivity contribution >= 4 is 35.9 Å². The molecule has 0 saturated carbocycles. The third kappa shape index (κ3) is 6.34. The Morgan fingerprint density at radius 2 is 1.92 bits per heavy atom. The lowest BCUT2D eigenvalue weighted by molar-refractivity contribution is -0.149. The van der Waals surface area contributed by atoms with Gasteiger partial charge in [-0.3, -0.25) is 9.79 Å². The summed E-state index contributed by atoms with van der Waals surface area (Å²) < 4.78 is 10.8. The number of rotatable bonds is 6. The van der Waals surface area contributed by atoms with Gasteiger partial charge in [0.05, 0.1) is 19.1 Å². The fraction of sp³-hybridized carbons (Fsp3) is 0.579. The molecule has 1 N–H and O–H groups in total. The minimum atomic E-state index is -0.0734. The number of carbonyl (C=O) groups excluding carboxylic acids is 1. The molecule has 0 bridgehead atoms. The zero-order chi connectivity index (χ0) is 18.1. The topological polar surface area (TPSA) is 63.2 Å². The second-order valence-corrected chi connectivity index (χ2v) is 5.95. The van der Waals surface area contributed by atoms with Crippen molar-refractivity contribution in [2.24, 2.45) is 10.9 Å². The zero-order valence-corrected chi connectivity index (χ0v) is 18.2. The Morgan fingerprint density at radius 1 is 1.23 bits per heavy atom. The van der Waals surface area contributed by atoms with Crippen molar-refractivity contribution in [3.63, 3.8) is 0 Å². The van der Waals surface area contributed by atoms with Gasteiger partial charge in [-0.1, -0.05) is 18.2 Å². The number of benzene rings is 1. The van der Waals surface area contributed by atoms with Gasteiger partial charge in [0.1, 0.15) is 5.75 Å². The molecule has 1 fully saturated rings. The lowest BCUT2D eigenvalue weighted by Crippen LogP contribution is -2.46. The van der Waals surface area contributed by atoms with Crippen molar-refractivity contribution in [3.8, 4) is 5.75 Å². The highest BCUT2D eigenvalue weighted by Crippen LogP contribution is 2.20. The first kappa shape index (κ1) is 22.5. The van der Waals surface area contributed by atoms with Crippen LogP contribution in [0.25, 0.3) is 0 Å². The largest absolute Gasteiger partial charge is 0.494 e. The van der Waals surface area contributed by atoms with Crippen LogP contribution in [0.4, 0.5) is 0 Å². The van der Waals surface area contributed by atoms with Gasteiger partial charge < -0.3 is 19.7 Å². The number of halogens is 1. The van der Waals surface area contributed by atoms with Crippen LogP contribution in [0.3, 0.4) is 0 Å².